The molecule has 1 atom stereocenters. The zero-order valence-electron chi connectivity index (χ0n) is 12.0. The van der Waals surface area contributed by atoms with E-state index in [2.05, 4.69) is 10.6 Å². The van der Waals surface area contributed by atoms with Crippen LogP contribution >= 0.6 is 11.6 Å². The summed E-state index contributed by atoms with van der Waals surface area (Å²) in [6, 6.07) is 3.77. The van der Waals surface area contributed by atoms with Crippen LogP contribution in [0.1, 0.15) is 30.1 Å². The number of aromatic carboxylic acids is 1. The van der Waals surface area contributed by atoms with E-state index < -0.39 is 5.97 Å². The van der Waals surface area contributed by atoms with Gasteiger partial charge in [-0.25, -0.2) is 9.59 Å². The molecule has 3 N–H and O–H groups in total. The van der Waals surface area contributed by atoms with Crippen molar-refractivity contribution in [3.63, 3.8) is 0 Å². The van der Waals surface area contributed by atoms with Crippen LogP contribution in [-0.2, 0) is 4.74 Å². The molecule has 1 rings (SSSR count). The smallest absolute Gasteiger partial charge is 0.337 e. The Hall–Kier alpha value is -1.79. The lowest BCUT2D eigenvalue weighted by molar-refractivity contribution is 0.0697. The molecule has 0 radical (unpaired) electrons. The standard InChI is InChI=1S/C14H19ClN2O4/c1-3-4-10(8-21-2)17-14(20)16-9-5-6-11(13(18)19)12(15)7-9/h5-7,10H,3-4,8H2,1-2H3,(H,18,19)(H2,16,17,20). The molecular formula is C14H19ClN2O4. The SMILES string of the molecule is CCCC(COC)NC(=O)Nc1ccc(C(=O)O)c(Cl)c1. The van der Waals surface area contributed by atoms with Crippen molar-refractivity contribution >= 4 is 29.3 Å². The quantitative estimate of drug-likeness (QED) is 0.722. The number of carboxylic acids is 1. The first kappa shape index (κ1) is 17.3. The summed E-state index contributed by atoms with van der Waals surface area (Å²) in [5.41, 5.74) is 0.418. The van der Waals surface area contributed by atoms with Gasteiger partial charge in [0.1, 0.15) is 0 Å². The number of carbonyl (C=O) groups is 2. The number of urea groups is 1. The number of benzene rings is 1. The van der Waals surface area contributed by atoms with Gasteiger partial charge in [0.25, 0.3) is 0 Å². The lowest BCUT2D eigenvalue weighted by Crippen LogP contribution is -2.40. The molecule has 7 heteroatoms. The highest BCUT2D eigenvalue weighted by atomic mass is 35.5. The third-order valence-corrected chi connectivity index (χ3v) is 3.11. The number of ether oxygens (including phenoxy) is 1. The molecule has 0 aliphatic rings. The molecule has 21 heavy (non-hydrogen) atoms. The molecule has 0 spiro atoms. The van der Waals surface area contributed by atoms with Crippen molar-refractivity contribution in [1.82, 2.24) is 5.32 Å². The van der Waals surface area contributed by atoms with Gasteiger partial charge < -0.3 is 20.5 Å². The summed E-state index contributed by atoms with van der Waals surface area (Å²) < 4.78 is 5.04. The first-order chi connectivity index (χ1) is 9.97. The number of methoxy groups -OCH3 is 1. The Morgan fingerprint density at radius 2 is 2.14 bits per heavy atom. The Labute approximate surface area is 128 Å². The summed E-state index contributed by atoms with van der Waals surface area (Å²) in [6.07, 6.45) is 1.73. The van der Waals surface area contributed by atoms with Gasteiger partial charge >= 0.3 is 12.0 Å². The number of hydrogen-bond donors (Lipinski definition) is 3. The molecular weight excluding hydrogens is 296 g/mol. The molecule has 1 unspecified atom stereocenters. The van der Waals surface area contributed by atoms with Crippen molar-refractivity contribution in [3.8, 4) is 0 Å². The second-order valence-electron chi connectivity index (χ2n) is 4.54. The van der Waals surface area contributed by atoms with Crippen LogP contribution in [0.15, 0.2) is 18.2 Å². The summed E-state index contributed by atoms with van der Waals surface area (Å²) in [4.78, 5) is 22.7. The van der Waals surface area contributed by atoms with Gasteiger partial charge in [-0.1, -0.05) is 24.9 Å². The minimum absolute atomic E-state index is 0.00846. The van der Waals surface area contributed by atoms with Crippen molar-refractivity contribution in [2.24, 2.45) is 0 Å². The number of carbonyl (C=O) groups excluding carboxylic acids is 1. The molecule has 0 bridgehead atoms. The van der Waals surface area contributed by atoms with Gasteiger partial charge in [0.15, 0.2) is 0 Å². The van der Waals surface area contributed by atoms with E-state index >= 15 is 0 Å². The molecule has 0 saturated carbocycles. The number of halogens is 1. The number of rotatable bonds is 7. The Morgan fingerprint density at radius 3 is 2.67 bits per heavy atom. The first-order valence-electron chi connectivity index (χ1n) is 6.57. The number of carboxylic acid groups (broad SMARTS) is 1. The number of anilines is 1. The second kappa shape index (κ2) is 8.49. The van der Waals surface area contributed by atoms with Crippen LogP contribution in [0.2, 0.25) is 5.02 Å². The highest BCUT2D eigenvalue weighted by Crippen LogP contribution is 2.20. The normalized spacial score (nSPS) is 11.8. The van der Waals surface area contributed by atoms with E-state index in [9.17, 15) is 9.59 Å². The predicted molar refractivity (Wildman–Crippen MR) is 81.1 cm³/mol. The third kappa shape index (κ3) is 5.61. The average Bonchev–Trinajstić information content (AvgIpc) is 2.38. The van der Waals surface area contributed by atoms with E-state index in [0.717, 1.165) is 12.8 Å². The van der Waals surface area contributed by atoms with Crippen molar-refractivity contribution in [2.45, 2.75) is 25.8 Å². The summed E-state index contributed by atoms with van der Waals surface area (Å²) >= 11 is 5.84. The fourth-order valence-electron chi connectivity index (χ4n) is 1.87. The molecule has 2 amide bonds. The van der Waals surface area contributed by atoms with Crippen molar-refractivity contribution in [2.75, 3.05) is 19.0 Å². The Balaban J connectivity index is 2.65. The van der Waals surface area contributed by atoms with Crippen LogP contribution in [-0.4, -0.2) is 36.9 Å². The zero-order chi connectivity index (χ0) is 15.8. The highest BCUT2D eigenvalue weighted by molar-refractivity contribution is 6.33. The van der Waals surface area contributed by atoms with Gasteiger partial charge in [-0.3, -0.25) is 0 Å². The maximum Gasteiger partial charge on any atom is 0.337 e. The lowest BCUT2D eigenvalue weighted by Gasteiger charge is -2.17. The Kier molecular flexibility index (Phi) is 6.98. The highest BCUT2D eigenvalue weighted by Gasteiger charge is 2.13. The van der Waals surface area contributed by atoms with E-state index in [1.807, 2.05) is 6.92 Å². The number of hydrogen-bond acceptors (Lipinski definition) is 3. The molecule has 0 saturated heterocycles. The van der Waals surface area contributed by atoms with E-state index in [1.165, 1.54) is 18.2 Å². The zero-order valence-corrected chi connectivity index (χ0v) is 12.7. The van der Waals surface area contributed by atoms with Crippen LogP contribution < -0.4 is 10.6 Å². The fraction of sp³-hybridized carbons (Fsp3) is 0.429. The molecule has 0 aliphatic carbocycles. The predicted octanol–water partition coefficient (Wildman–Crippen LogP) is 2.97. The van der Waals surface area contributed by atoms with E-state index in [4.69, 9.17) is 21.4 Å². The van der Waals surface area contributed by atoms with Gasteiger partial charge in [-0.2, -0.15) is 0 Å². The van der Waals surface area contributed by atoms with Gasteiger partial charge in [-0.05, 0) is 24.6 Å². The molecule has 0 fully saturated rings. The minimum atomic E-state index is -1.11. The average molecular weight is 315 g/mol. The fourth-order valence-corrected chi connectivity index (χ4v) is 2.13. The molecule has 6 nitrogen and oxygen atoms in total. The van der Waals surface area contributed by atoms with Gasteiger partial charge in [0, 0.05) is 12.8 Å². The molecule has 0 heterocycles. The number of amides is 2. The third-order valence-electron chi connectivity index (χ3n) is 2.80. The van der Waals surface area contributed by atoms with E-state index in [0.29, 0.717) is 12.3 Å². The maximum absolute atomic E-state index is 11.9. The summed E-state index contributed by atoms with van der Waals surface area (Å²) in [7, 11) is 1.58. The van der Waals surface area contributed by atoms with E-state index in [1.54, 1.807) is 7.11 Å². The summed E-state index contributed by atoms with van der Waals surface area (Å²) in [5.74, 6) is -1.11. The van der Waals surface area contributed by atoms with Crippen LogP contribution in [0, 0.1) is 0 Å². The van der Waals surface area contributed by atoms with Gasteiger partial charge in [0.2, 0.25) is 0 Å². The van der Waals surface area contributed by atoms with Crippen molar-refractivity contribution in [3.05, 3.63) is 28.8 Å². The van der Waals surface area contributed by atoms with Crippen LogP contribution in [0.25, 0.3) is 0 Å². The topological polar surface area (TPSA) is 87.7 Å². The van der Waals surface area contributed by atoms with Gasteiger partial charge in [0.05, 0.1) is 23.2 Å². The Bertz CT molecular complexity index is 502. The monoisotopic (exact) mass is 314 g/mol. The first-order valence-corrected chi connectivity index (χ1v) is 6.95. The molecule has 0 aliphatic heterocycles. The second-order valence-corrected chi connectivity index (χ2v) is 4.95. The molecule has 1 aromatic rings. The Morgan fingerprint density at radius 1 is 1.43 bits per heavy atom. The number of nitrogens with one attached hydrogen (secondary N) is 2. The summed E-state index contributed by atoms with van der Waals surface area (Å²) in [6.45, 7) is 2.45. The van der Waals surface area contributed by atoms with Crippen LogP contribution in [0.5, 0.6) is 0 Å². The largest absolute Gasteiger partial charge is 0.478 e. The maximum atomic E-state index is 11.9. The lowest BCUT2D eigenvalue weighted by atomic mass is 10.2. The van der Waals surface area contributed by atoms with Crippen molar-refractivity contribution < 1.29 is 19.4 Å². The minimum Gasteiger partial charge on any atom is -0.478 e. The molecule has 0 aromatic heterocycles. The summed E-state index contributed by atoms with van der Waals surface area (Å²) in [5, 5.41) is 14.4. The van der Waals surface area contributed by atoms with E-state index in [-0.39, 0.29) is 22.7 Å². The van der Waals surface area contributed by atoms with Crippen LogP contribution in [0.4, 0.5) is 10.5 Å². The van der Waals surface area contributed by atoms with Gasteiger partial charge in [-0.15, -0.1) is 0 Å². The molecule has 116 valence electrons. The molecule has 1 aromatic carbocycles. The van der Waals surface area contributed by atoms with Crippen LogP contribution in [0.3, 0.4) is 0 Å². The van der Waals surface area contributed by atoms with Crippen molar-refractivity contribution in [1.29, 1.82) is 0 Å².